The molecule has 0 atom stereocenters. The number of amides is 2. The lowest BCUT2D eigenvalue weighted by molar-refractivity contribution is -0.120. The SMILES string of the molecule is CCN(CC)c1ccc(NC(=O)CN(C(C)=O)c2ccc(C)cc2C)c(C)c1. The fourth-order valence-corrected chi connectivity index (χ4v) is 3.38. The van der Waals surface area contributed by atoms with Gasteiger partial charge in [0.1, 0.15) is 6.54 Å². The zero-order valence-corrected chi connectivity index (χ0v) is 17.8. The summed E-state index contributed by atoms with van der Waals surface area (Å²) in [5, 5.41) is 2.95. The van der Waals surface area contributed by atoms with Crippen LogP contribution in [0.25, 0.3) is 0 Å². The van der Waals surface area contributed by atoms with Gasteiger partial charge in [-0.25, -0.2) is 0 Å². The van der Waals surface area contributed by atoms with Crippen molar-refractivity contribution in [2.24, 2.45) is 0 Å². The van der Waals surface area contributed by atoms with Gasteiger partial charge in [0, 0.05) is 37.1 Å². The highest BCUT2D eigenvalue weighted by Crippen LogP contribution is 2.24. The third kappa shape index (κ3) is 5.12. The first-order valence-electron chi connectivity index (χ1n) is 9.77. The molecule has 0 spiro atoms. The Bertz CT molecular complexity index is 857. The Kier molecular flexibility index (Phi) is 7.21. The lowest BCUT2D eigenvalue weighted by Gasteiger charge is -2.24. The molecule has 2 amide bonds. The Morgan fingerprint density at radius 3 is 2.14 bits per heavy atom. The highest BCUT2D eigenvalue weighted by atomic mass is 16.2. The van der Waals surface area contributed by atoms with Crippen molar-refractivity contribution in [2.45, 2.75) is 41.5 Å². The molecule has 0 saturated heterocycles. The second kappa shape index (κ2) is 9.40. The summed E-state index contributed by atoms with van der Waals surface area (Å²) in [5.41, 5.74) is 5.77. The Morgan fingerprint density at radius 2 is 1.61 bits per heavy atom. The molecule has 0 aromatic heterocycles. The maximum Gasteiger partial charge on any atom is 0.244 e. The number of nitrogens with zero attached hydrogens (tertiary/aromatic N) is 2. The molecule has 0 heterocycles. The van der Waals surface area contributed by atoms with Gasteiger partial charge in [-0.3, -0.25) is 9.59 Å². The summed E-state index contributed by atoms with van der Waals surface area (Å²) < 4.78 is 0. The molecule has 0 aliphatic carbocycles. The molecular weight excluding hydrogens is 350 g/mol. The Morgan fingerprint density at radius 1 is 0.929 bits per heavy atom. The maximum atomic E-state index is 12.6. The van der Waals surface area contributed by atoms with E-state index in [1.807, 2.05) is 51.1 Å². The maximum absolute atomic E-state index is 12.6. The van der Waals surface area contributed by atoms with Crippen LogP contribution in [-0.4, -0.2) is 31.4 Å². The molecule has 0 bridgehead atoms. The number of rotatable bonds is 7. The van der Waals surface area contributed by atoms with E-state index in [1.165, 1.54) is 11.8 Å². The zero-order chi connectivity index (χ0) is 20.8. The summed E-state index contributed by atoms with van der Waals surface area (Å²) in [6, 6.07) is 11.9. The van der Waals surface area contributed by atoms with Crippen LogP contribution >= 0.6 is 0 Å². The van der Waals surface area contributed by atoms with Crippen molar-refractivity contribution in [3.8, 4) is 0 Å². The van der Waals surface area contributed by atoms with Crippen LogP contribution in [-0.2, 0) is 9.59 Å². The summed E-state index contributed by atoms with van der Waals surface area (Å²) in [7, 11) is 0. The third-order valence-corrected chi connectivity index (χ3v) is 4.94. The van der Waals surface area contributed by atoms with E-state index in [9.17, 15) is 9.59 Å². The number of hydrogen-bond donors (Lipinski definition) is 1. The molecule has 0 aliphatic heterocycles. The van der Waals surface area contributed by atoms with E-state index >= 15 is 0 Å². The molecule has 0 fully saturated rings. The Hall–Kier alpha value is -2.82. The van der Waals surface area contributed by atoms with E-state index in [0.717, 1.165) is 46.8 Å². The zero-order valence-electron chi connectivity index (χ0n) is 17.8. The van der Waals surface area contributed by atoms with Crippen molar-refractivity contribution in [1.29, 1.82) is 0 Å². The minimum atomic E-state index is -0.214. The molecular formula is C23H31N3O2. The molecule has 1 N–H and O–H groups in total. The van der Waals surface area contributed by atoms with Crippen LogP contribution in [0.15, 0.2) is 36.4 Å². The molecule has 5 nitrogen and oxygen atoms in total. The van der Waals surface area contributed by atoms with Gasteiger partial charge in [0.05, 0.1) is 0 Å². The number of anilines is 3. The highest BCUT2D eigenvalue weighted by Gasteiger charge is 2.18. The summed E-state index contributed by atoms with van der Waals surface area (Å²) >= 11 is 0. The molecule has 0 unspecified atom stereocenters. The second-order valence-corrected chi connectivity index (χ2v) is 7.11. The van der Waals surface area contributed by atoms with E-state index in [2.05, 4.69) is 30.1 Å². The lowest BCUT2D eigenvalue weighted by atomic mass is 10.1. The topological polar surface area (TPSA) is 52.7 Å². The van der Waals surface area contributed by atoms with Crippen molar-refractivity contribution in [3.63, 3.8) is 0 Å². The van der Waals surface area contributed by atoms with Crippen LogP contribution in [0.2, 0.25) is 0 Å². The number of benzene rings is 2. The van der Waals surface area contributed by atoms with Crippen molar-refractivity contribution in [3.05, 3.63) is 53.1 Å². The summed E-state index contributed by atoms with van der Waals surface area (Å²) in [6.45, 7) is 13.5. The number of carbonyl (C=O) groups is 2. The van der Waals surface area contributed by atoms with E-state index in [-0.39, 0.29) is 18.4 Å². The van der Waals surface area contributed by atoms with E-state index < -0.39 is 0 Å². The number of aryl methyl sites for hydroxylation is 3. The van der Waals surface area contributed by atoms with Gasteiger partial charge >= 0.3 is 0 Å². The van der Waals surface area contributed by atoms with Gasteiger partial charge in [0.15, 0.2) is 0 Å². The van der Waals surface area contributed by atoms with Gasteiger partial charge in [-0.2, -0.15) is 0 Å². The van der Waals surface area contributed by atoms with Crippen LogP contribution in [0, 0.1) is 20.8 Å². The van der Waals surface area contributed by atoms with Crippen molar-refractivity contribution in [1.82, 2.24) is 0 Å². The van der Waals surface area contributed by atoms with Gasteiger partial charge in [0.2, 0.25) is 11.8 Å². The highest BCUT2D eigenvalue weighted by molar-refractivity contribution is 6.02. The van der Waals surface area contributed by atoms with Crippen molar-refractivity contribution in [2.75, 3.05) is 34.8 Å². The van der Waals surface area contributed by atoms with Gasteiger partial charge in [-0.1, -0.05) is 17.7 Å². The summed E-state index contributed by atoms with van der Waals surface area (Å²) in [5.74, 6) is -0.371. The molecule has 28 heavy (non-hydrogen) atoms. The van der Waals surface area contributed by atoms with Crippen LogP contribution in [0.5, 0.6) is 0 Å². The van der Waals surface area contributed by atoms with Crippen LogP contribution in [0.3, 0.4) is 0 Å². The number of carbonyl (C=O) groups excluding carboxylic acids is 2. The average molecular weight is 382 g/mol. The van der Waals surface area contributed by atoms with Gasteiger partial charge < -0.3 is 15.1 Å². The minimum absolute atomic E-state index is 0.0174. The molecule has 0 radical (unpaired) electrons. The first-order chi connectivity index (χ1) is 13.3. The van der Waals surface area contributed by atoms with Crippen LogP contribution in [0.4, 0.5) is 17.1 Å². The van der Waals surface area contributed by atoms with Crippen LogP contribution < -0.4 is 15.1 Å². The van der Waals surface area contributed by atoms with Crippen molar-refractivity contribution < 1.29 is 9.59 Å². The molecule has 2 aromatic carbocycles. The Labute approximate surface area is 168 Å². The molecule has 150 valence electrons. The Balaban J connectivity index is 2.16. The molecule has 0 aliphatic rings. The first kappa shape index (κ1) is 21.5. The molecule has 0 saturated carbocycles. The summed E-state index contributed by atoms with van der Waals surface area (Å²) in [4.78, 5) is 28.6. The fraction of sp³-hybridized carbons (Fsp3) is 0.391. The van der Waals surface area contributed by atoms with E-state index in [0.29, 0.717) is 0 Å². The molecule has 5 heteroatoms. The molecule has 2 aromatic rings. The van der Waals surface area contributed by atoms with Gasteiger partial charge in [-0.05, 0) is 70.0 Å². The minimum Gasteiger partial charge on any atom is -0.372 e. The monoisotopic (exact) mass is 381 g/mol. The van der Waals surface area contributed by atoms with Gasteiger partial charge in [-0.15, -0.1) is 0 Å². The van der Waals surface area contributed by atoms with Crippen molar-refractivity contribution >= 4 is 28.9 Å². The predicted molar refractivity (Wildman–Crippen MR) is 117 cm³/mol. The standard InChI is InChI=1S/C23H31N3O2/c1-7-25(8-2)20-10-11-21(17(4)14-20)24-23(28)15-26(19(6)27)22-12-9-16(3)13-18(22)5/h9-14H,7-8,15H2,1-6H3,(H,24,28). The van der Waals surface area contributed by atoms with Crippen LogP contribution in [0.1, 0.15) is 37.5 Å². The number of nitrogens with one attached hydrogen (secondary N) is 1. The lowest BCUT2D eigenvalue weighted by Crippen LogP contribution is -2.37. The third-order valence-electron chi connectivity index (χ3n) is 4.94. The summed E-state index contributed by atoms with van der Waals surface area (Å²) in [6.07, 6.45) is 0. The number of hydrogen-bond acceptors (Lipinski definition) is 3. The molecule has 2 rings (SSSR count). The predicted octanol–water partition coefficient (Wildman–Crippen LogP) is 4.45. The quantitative estimate of drug-likeness (QED) is 0.771. The second-order valence-electron chi connectivity index (χ2n) is 7.11. The first-order valence-corrected chi connectivity index (χ1v) is 9.77. The van der Waals surface area contributed by atoms with Gasteiger partial charge in [0.25, 0.3) is 0 Å². The average Bonchev–Trinajstić information content (AvgIpc) is 2.63. The fourth-order valence-electron chi connectivity index (χ4n) is 3.38. The normalized spacial score (nSPS) is 10.5. The smallest absolute Gasteiger partial charge is 0.244 e. The van der Waals surface area contributed by atoms with E-state index in [1.54, 1.807) is 0 Å². The van der Waals surface area contributed by atoms with E-state index in [4.69, 9.17) is 0 Å². The largest absolute Gasteiger partial charge is 0.372 e.